The summed E-state index contributed by atoms with van der Waals surface area (Å²) in [4.78, 5) is 0. The maximum Gasteiger partial charge on any atom is 0.417 e. The summed E-state index contributed by atoms with van der Waals surface area (Å²) in [7, 11) is 0. The number of ether oxygens (including phenoxy) is 1. The lowest BCUT2D eigenvalue weighted by Gasteiger charge is -2.25. The largest absolute Gasteiger partial charge is 0.417 e. The molecule has 28 heavy (non-hydrogen) atoms. The maximum atomic E-state index is 14.8. The average molecular weight is 397 g/mol. The quantitative estimate of drug-likeness (QED) is 0.702. The van der Waals surface area contributed by atoms with Gasteiger partial charge in [0, 0.05) is 5.56 Å². The van der Waals surface area contributed by atoms with E-state index in [4.69, 9.17) is 4.74 Å². The molecule has 0 aromatic heterocycles. The van der Waals surface area contributed by atoms with Gasteiger partial charge in [-0.3, -0.25) is 0 Å². The molecule has 7 heteroatoms. The van der Waals surface area contributed by atoms with Gasteiger partial charge >= 0.3 is 6.18 Å². The van der Waals surface area contributed by atoms with Crippen molar-refractivity contribution in [1.82, 2.24) is 5.32 Å². The summed E-state index contributed by atoms with van der Waals surface area (Å²) in [5, 5.41) is 12.9. The van der Waals surface area contributed by atoms with E-state index in [0.29, 0.717) is 6.61 Å². The molecule has 0 aliphatic carbocycles. The molecule has 1 unspecified atom stereocenters. The molecule has 1 aliphatic rings. The normalized spacial score (nSPS) is 16.9. The summed E-state index contributed by atoms with van der Waals surface area (Å²) in [6.45, 7) is 1.51. The molecule has 2 N–H and O–H groups in total. The fourth-order valence-corrected chi connectivity index (χ4v) is 3.49. The van der Waals surface area contributed by atoms with Crippen LogP contribution in [0.25, 0.3) is 11.1 Å². The minimum absolute atomic E-state index is 0.0130. The van der Waals surface area contributed by atoms with Crippen LogP contribution in [0.3, 0.4) is 0 Å². The van der Waals surface area contributed by atoms with Crippen molar-refractivity contribution in [3.63, 3.8) is 0 Å². The third-order valence-corrected chi connectivity index (χ3v) is 5.01. The molecule has 1 heterocycles. The molecule has 1 atom stereocenters. The van der Waals surface area contributed by atoms with Gasteiger partial charge < -0.3 is 15.2 Å². The van der Waals surface area contributed by atoms with Gasteiger partial charge in [-0.1, -0.05) is 30.3 Å². The van der Waals surface area contributed by atoms with E-state index in [0.717, 1.165) is 38.1 Å². The summed E-state index contributed by atoms with van der Waals surface area (Å²) < 4.78 is 61.4. The molecular formula is C21H23F4NO2. The first kappa shape index (κ1) is 20.8. The van der Waals surface area contributed by atoms with Crippen molar-refractivity contribution in [2.45, 2.75) is 25.1 Å². The number of aliphatic hydroxyl groups excluding tert-OH is 1. The Balaban J connectivity index is 1.91. The number of piperidine rings is 1. The second-order valence-electron chi connectivity index (χ2n) is 6.99. The van der Waals surface area contributed by atoms with E-state index in [-0.39, 0.29) is 17.0 Å². The second kappa shape index (κ2) is 9.03. The fourth-order valence-electron chi connectivity index (χ4n) is 3.49. The number of aliphatic hydroxyl groups is 1. The van der Waals surface area contributed by atoms with Crippen LogP contribution in [-0.4, -0.2) is 31.4 Å². The topological polar surface area (TPSA) is 41.5 Å². The number of alkyl halides is 3. The molecule has 0 amide bonds. The van der Waals surface area contributed by atoms with Crippen LogP contribution >= 0.6 is 0 Å². The number of benzene rings is 2. The van der Waals surface area contributed by atoms with Gasteiger partial charge in [0.05, 0.1) is 18.8 Å². The zero-order valence-electron chi connectivity index (χ0n) is 15.3. The first-order valence-electron chi connectivity index (χ1n) is 9.29. The molecular weight excluding hydrogens is 374 g/mol. The smallest absolute Gasteiger partial charge is 0.393 e. The Morgan fingerprint density at radius 1 is 1.11 bits per heavy atom. The number of nitrogens with one attached hydrogen (secondary N) is 1. The number of halogens is 4. The lowest BCUT2D eigenvalue weighted by molar-refractivity contribution is -0.137. The van der Waals surface area contributed by atoms with Gasteiger partial charge in [0.2, 0.25) is 0 Å². The van der Waals surface area contributed by atoms with Gasteiger partial charge in [-0.15, -0.1) is 0 Å². The van der Waals surface area contributed by atoms with Gasteiger partial charge in [0.1, 0.15) is 11.9 Å². The van der Waals surface area contributed by atoms with Crippen molar-refractivity contribution >= 4 is 0 Å². The minimum Gasteiger partial charge on any atom is -0.393 e. The van der Waals surface area contributed by atoms with Crippen molar-refractivity contribution in [2.75, 3.05) is 26.3 Å². The Kier molecular flexibility index (Phi) is 6.69. The first-order chi connectivity index (χ1) is 13.4. The maximum absolute atomic E-state index is 14.8. The minimum atomic E-state index is -4.74. The molecule has 2 aromatic carbocycles. The molecule has 3 rings (SSSR count). The van der Waals surface area contributed by atoms with Crippen molar-refractivity contribution in [1.29, 1.82) is 0 Å². The Hall–Kier alpha value is -1.96. The van der Waals surface area contributed by atoms with E-state index >= 15 is 0 Å². The van der Waals surface area contributed by atoms with Crippen molar-refractivity contribution in [2.24, 2.45) is 5.92 Å². The van der Waals surface area contributed by atoms with Gasteiger partial charge in [-0.05, 0) is 55.1 Å². The van der Waals surface area contributed by atoms with Crippen molar-refractivity contribution < 1.29 is 27.4 Å². The van der Waals surface area contributed by atoms with Crippen LogP contribution in [0, 0.1) is 11.7 Å². The molecule has 0 saturated carbocycles. The van der Waals surface area contributed by atoms with E-state index in [1.165, 1.54) is 12.1 Å². The highest BCUT2D eigenvalue weighted by Crippen LogP contribution is 2.40. The molecule has 3 nitrogen and oxygen atoms in total. The monoisotopic (exact) mass is 397 g/mol. The zero-order valence-corrected chi connectivity index (χ0v) is 15.3. The summed E-state index contributed by atoms with van der Waals surface area (Å²) in [6, 6.07) is 9.55. The third-order valence-electron chi connectivity index (χ3n) is 5.01. The molecule has 1 aliphatic heterocycles. The molecule has 2 aromatic rings. The average Bonchev–Trinajstić information content (AvgIpc) is 2.69. The molecule has 152 valence electrons. The van der Waals surface area contributed by atoms with Crippen LogP contribution < -0.4 is 5.32 Å². The zero-order chi connectivity index (χ0) is 20.1. The summed E-state index contributed by atoms with van der Waals surface area (Å²) >= 11 is 0. The highest BCUT2D eigenvalue weighted by molar-refractivity contribution is 5.69. The van der Waals surface area contributed by atoms with E-state index < -0.39 is 35.8 Å². The second-order valence-corrected chi connectivity index (χ2v) is 6.99. The summed E-state index contributed by atoms with van der Waals surface area (Å²) in [5.74, 6) is -0.717. The Bertz CT molecular complexity index is 774. The van der Waals surface area contributed by atoms with Crippen LogP contribution in [0.1, 0.15) is 30.1 Å². The molecule has 0 bridgehead atoms. The standard InChI is InChI=1S/C21H23F4NO2/c22-18-11-16(19(12-27)28-13-14-6-8-26-9-7-14)10-17(21(23,24)25)20(18)15-4-2-1-3-5-15/h1-5,10-11,14,19,26-27H,6-9,12-13H2. The van der Waals surface area contributed by atoms with Crippen LogP contribution in [-0.2, 0) is 10.9 Å². The van der Waals surface area contributed by atoms with Gasteiger partial charge in [0.15, 0.2) is 0 Å². The molecule has 0 radical (unpaired) electrons. The van der Waals surface area contributed by atoms with Crippen LogP contribution in [0.15, 0.2) is 42.5 Å². The SMILES string of the molecule is OCC(OCC1CCNCC1)c1cc(F)c(-c2ccccc2)c(C(F)(F)F)c1. The van der Waals surface area contributed by atoms with E-state index in [9.17, 15) is 22.7 Å². The van der Waals surface area contributed by atoms with E-state index in [1.54, 1.807) is 18.2 Å². The van der Waals surface area contributed by atoms with Gasteiger partial charge in [-0.25, -0.2) is 4.39 Å². The lowest BCUT2D eigenvalue weighted by atomic mass is 9.94. The predicted octanol–water partition coefficient (Wildman–Crippen LogP) is 4.56. The Morgan fingerprint density at radius 2 is 1.79 bits per heavy atom. The van der Waals surface area contributed by atoms with Gasteiger partial charge in [0.25, 0.3) is 0 Å². The Morgan fingerprint density at radius 3 is 2.39 bits per heavy atom. The predicted molar refractivity (Wildman–Crippen MR) is 98.2 cm³/mol. The first-order valence-corrected chi connectivity index (χ1v) is 9.29. The molecule has 1 fully saturated rings. The highest BCUT2D eigenvalue weighted by atomic mass is 19.4. The van der Waals surface area contributed by atoms with Crippen LogP contribution in [0.5, 0.6) is 0 Å². The lowest BCUT2D eigenvalue weighted by Crippen LogP contribution is -2.30. The highest BCUT2D eigenvalue weighted by Gasteiger charge is 2.36. The summed E-state index contributed by atoms with van der Waals surface area (Å²) in [5.41, 5.74) is -1.43. The number of hydrogen-bond donors (Lipinski definition) is 2. The van der Waals surface area contributed by atoms with E-state index in [2.05, 4.69) is 5.32 Å². The number of hydrogen-bond acceptors (Lipinski definition) is 3. The molecule has 1 saturated heterocycles. The van der Waals surface area contributed by atoms with Crippen LogP contribution in [0.2, 0.25) is 0 Å². The number of rotatable bonds is 6. The fraction of sp³-hybridized carbons (Fsp3) is 0.429. The van der Waals surface area contributed by atoms with E-state index in [1.807, 2.05) is 0 Å². The van der Waals surface area contributed by atoms with Crippen LogP contribution in [0.4, 0.5) is 17.6 Å². The third kappa shape index (κ3) is 4.90. The van der Waals surface area contributed by atoms with Crippen molar-refractivity contribution in [3.05, 3.63) is 59.4 Å². The Labute approximate surface area is 161 Å². The molecule has 0 spiro atoms. The van der Waals surface area contributed by atoms with Crippen molar-refractivity contribution in [3.8, 4) is 11.1 Å². The summed E-state index contributed by atoms with van der Waals surface area (Å²) in [6.07, 6.45) is -3.95. The van der Waals surface area contributed by atoms with Gasteiger partial charge in [-0.2, -0.15) is 13.2 Å².